The molecule has 20 heavy (non-hydrogen) atoms. The minimum atomic E-state index is -1.01. The van der Waals surface area contributed by atoms with Crippen LogP contribution in [-0.2, 0) is 4.79 Å². The number of nitrogens with zero attached hydrogens (tertiary/aromatic N) is 2. The zero-order valence-corrected chi connectivity index (χ0v) is 11.9. The molecule has 1 saturated heterocycles. The van der Waals surface area contributed by atoms with Crippen LogP contribution in [0.3, 0.4) is 0 Å². The lowest BCUT2D eigenvalue weighted by atomic mass is 10.0. The number of benzene rings is 1. The summed E-state index contributed by atoms with van der Waals surface area (Å²) in [5.74, 6) is -1.01. The summed E-state index contributed by atoms with van der Waals surface area (Å²) in [6.45, 7) is 4.38. The highest BCUT2D eigenvalue weighted by atomic mass is 16.4. The summed E-state index contributed by atoms with van der Waals surface area (Å²) >= 11 is 0. The predicted octanol–water partition coefficient (Wildman–Crippen LogP) is 2.57. The van der Waals surface area contributed by atoms with Crippen molar-refractivity contribution in [2.45, 2.75) is 32.2 Å². The van der Waals surface area contributed by atoms with E-state index in [1.165, 1.54) is 4.90 Å². The molecule has 0 spiro atoms. The second-order valence-corrected chi connectivity index (χ2v) is 5.67. The lowest BCUT2D eigenvalue weighted by Crippen LogP contribution is -2.51. The quantitative estimate of drug-likeness (QED) is 0.923. The lowest BCUT2D eigenvalue weighted by Gasteiger charge is -2.35. The number of carbonyl (C=O) groups excluding carboxylic acids is 1. The Bertz CT molecular complexity index is 499. The molecule has 1 aromatic carbocycles. The molecule has 0 aromatic heterocycles. The van der Waals surface area contributed by atoms with Gasteiger partial charge in [0.15, 0.2) is 0 Å². The van der Waals surface area contributed by atoms with E-state index in [2.05, 4.69) is 0 Å². The number of hydrogen-bond acceptors (Lipinski definition) is 2. The van der Waals surface area contributed by atoms with Gasteiger partial charge >= 0.3 is 12.0 Å². The van der Waals surface area contributed by atoms with Crippen molar-refractivity contribution in [3.8, 4) is 0 Å². The predicted molar refractivity (Wildman–Crippen MR) is 76.8 cm³/mol. The summed E-state index contributed by atoms with van der Waals surface area (Å²) in [6.07, 6.45) is 1.89. The zero-order chi connectivity index (χ0) is 14.8. The van der Waals surface area contributed by atoms with E-state index in [1.54, 1.807) is 29.2 Å². The number of hydrogen-bond donors (Lipinski definition) is 1. The second-order valence-electron chi connectivity index (χ2n) is 5.67. The van der Waals surface area contributed by atoms with E-state index in [0.717, 1.165) is 12.8 Å². The van der Waals surface area contributed by atoms with Gasteiger partial charge in [-0.25, -0.2) is 4.79 Å². The average Bonchev–Trinajstić information content (AvgIpc) is 2.75. The molecule has 0 unspecified atom stereocenters. The van der Waals surface area contributed by atoms with Crippen molar-refractivity contribution in [1.29, 1.82) is 0 Å². The summed E-state index contributed by atoms with van der Waals surface area (Å²) in [5, 5.41) is 9.05. The van der Waals surface area contributed by atoms with Crippen molar-refractivity contribution in [3.05, 3.63) is 30.3 Å². The SMILES string of the molecule is CC1(C)CCCN1C(=O)N(CC(=O)O)c1ccccc1. The van der Waals surface area contributed by atoms with Crippen molar-refractivity contribution in [2.75, 3.05) is 18.0 Å². The molecule has 1 aromatic rings. The Balaban J connectivity index is 2.27. The molecule has 0 bridgehead atoms. The molecular formula is C15H20N2O3. The minimum absolute atomic E-state index is 0.220. The van der Waals surface area contributed by atoms with Crippen LogP contribution in [-0.4, -0.2) is 40.6 Å². The highest BCUT2D eigenvalue weighted by Crippen LogP contribution is 2.30. The van der Waals surface area contributed by atoms with Gasteiger partial charge in [0.25, 0.3) is 0 Å². The third-order valence-corrected chi connectivity index (χ3v) is 3.72. The third-order valence-electron chi connectivity index (χ3n) is 3.72. The van der Waals surface area contributed by atoms with Crippen molar-refractivity contribution >= 4 is 17.7 Å². The van der Waals surface area contributed by atoms with E-state index >= 15 is 0 Å². The van der Waals surface area contributed by atoms with Crippen LogP contribution in [0.25, 0.3) is 0 Å². The number of amides is 2. The molecule has 0 atom stereocenters. The molecule has 2 amide bonds. The van der Waals surface area contributed by atoms with E-state index in [1.807, 2.05) is 19.9 Å². The molecule has 2 rings (SSSR count). The van der Waals surface area contributed by atoms with Crippen molar-refractivity contribution in [2.24, 2.45) is 0 Å². The molecule has 0 aliphatic carbocycles. The smallest absolute Gasteiger partial charge is 0.325 e. The van der Waals surface area contributed by atoms with E-state index in [9.17, 15) is 9.59 Å². The van der Waals surface area contributed by atoms with Gasteiger partial charge in [0.05, 0.1) is 0 Å². The second kappa shape index (κ2) is 5.53. The average molecular weight is 276 g/mol. The van der Waals surface area contributed by atoms with Gasteiger partial charge in [-0.1, -0.05) is 18.2 Å². The maximum absolute atomic E-state index is 12.7. The first-order valence-electron chi connectivity index (χ1n) is 6.78. The van der Waals surface area contributed by atoms with Crippen molar-refractivity contribution in [1.82, 2.24) is 4.90 Å². The van der Waals surface area contributed by atoms with Crippen molar-refractivity contribution < 1.29 is 14.7 Å². The fraction of sp³-hybridized carbons (Fsp3) is 0.467. The van der Waals surface area contributed by atoms with Crippen LogP contribution in [0.15, 0.2) is 30.3 Å². The maximum atomic E-state index is 12.7. The monoisotopic (exact) mass is 276 g/mol. The van der Waals surface area contributed by atoms with Crippen LogP contribution in [0.2, 0.25) is 0 Å². The van der Waals surface area contributed by atoms with Crippen LogP contribution in [0.4, 0.5) is 10.5 Å². The summed E-state index contributed by atoms with van der Waals surface area (Å²) < 4.78 is 0. The molecule has 1 aliphatic heterocycles. The first-order chi connectivity index (χ1) is 9.42. The number of carbonyl (C=O) groups is 2. The third kappa shape index (κ3) is 2.92. The van der Waals surface area contributed by atoms with Gasteiger partial charge in [0, 0.05) is 17.8 Å². The number of carboxylic acids is 1. The highest BCUT2D eigenvalue weighted by molar-refractivity contribution is 5.96. The fourth-order valence-corrected chi connectivity index (χ4v) is 2.62. The number of rotatable bonds is 3. The molecule has 1 aliphatic rings. The molecule has 1 N–H and O–H groups in total. The van der Waals surface area contributed by atoms with Gasteiger partial charge in [0.1, 0.15) is 6.54 Å². The Morgan fingerprint density at radius 3 is 2.45 bits per heavy atom. The molecule has 0 saturated carbocycles. The normalized spacial score (nSPS) is 17.0. The molecule has 5 nitrogen and oxygen atoms in total. The Morgan fingerprint density at radius 1 is 1.30 bits per heavy atom. The molecule has 1 fully saturated rings. The number of aliphatic carboxylic acids is 1. The molecule has 1 heterocycles. The number of likely N-dealkylation sites (tertiary alicyclic amines) is 1. The van der Waals surface area contributed by atoms with Crippen molar-refractivity contribution in [3.63, 3.8) is 0 Å². The minimum Gasteiger partial charge on any atom is -0.480 e. The Hall–Kier alpha value is -2.04. The lowest BCUT2D eigenvalue weighted by molar-refractivity contribution is -0.135. The van der Waals surface area contributed by atoms with E-state index in [4.69, 9.17) is 5.11 Å². The van der Waals surface area contributed by atoms with Gasteiger partial charge in [-0.2, -0.15) is 0 Å². The summed E-state index contributed by atoms with van der Waals surface area (Å²) in [4.78, 5) is 26.8. The number of anilines is 1. The van der Waals surface area contributed by atoms with Gasteiger partial charge in [0.2, 0.25) is 0 Å². The summed E-state index contributed by atoms with van der Waals surface area (Å²) in [5.41, 5.74) is 0.394. The summed E-state index contributed by atoms with van der Waals surface area (Å²) in [6, 6.07) is 8.71. The first kappa shape index (κ1) is 14.4. The van der Waals surface area contributed by atoms with Crippen LogP contribution < -0.4 is 4.90 Å². The maximum Gasteiger partial charge on any atom is 0.325 e. The Kier molecular flexibility index (Phi) is 3.97. The number of para-hydroxylation sites is 1. The van der Waals surface area contributed by atoms with Crippen LogP contribution in [0, 0.1) is 0 Å². The van der Waals surface area contributed by atoms with E-state index in [-0.39, 0.29) is 18.1 Å². The number of carboxylic acid groups (broad SMARTS) is 1. The van der Waals surface area contributed by atoms with Gasteiger partial charge in [-0.3, -0.25) is 9.69 Å². The van der Waals surface area contributed by atoms with Crippen LogP contribution in [0.5, 0.6) is 0 Å². The summed E-state index contributed by atoms with van der Waals surface area (Å²) in [7, 11) is 0. The van der Waals surface area contributed by atoms with Gasteiger partial charge < -0.3 is 10.0 Å². The number of urea groups is 1. The van der Waals surface area contributed by atoms with E-state index < -0.39 is 5.97 Å². The molecular weight excluding hydrogens is 256 g/mol. The first-order valence-corrected chi connectivity index (χ1v) is 6.78. The molecule has 5 heteroatoms. The largest absolute Gasteiger partial charge is 0.480 e. The Morgan fingerprint density at radius 2 is 1.95 bits per heavy atom. The van der Waals surface area contributed by atoms with E-state index in [0.29, 0.717) is 12.2 Å². The van der Waals surface area contributed by atoms with Gasteiger partial charge in [-0.05, 0) is 38.8 Å². The highest BCUT2D eigenvalue weighted by Gasteiger charge is 2.38. The van der Waals surface area contributed by atoms with Crippen LogP contribution in [0.1, 0.15) is 26.7 Å². The van der Waals surface area contributed by atoms with Gasteiger partial charge in [-0.15, -0.1) is 0 Å². The zero-order valence-electron chi connectivity index (χ0n) is 11.9. The topological polar surface area (TPSA) is 60.9 Å². The van der Waals surface area contributed by atoms with Crippen LogP contribution >= 0.6 is 0 Å². The molecule has 108 valence electrons. The Labute approximate surface area is 118 Å². The standard InChI is InChI=1S/C15H20N2O3/c1-15(2)9-6-10-17(15)14(20)16(11-13(18)19)12-7-4-3-5-8-12/h3-5,7-8H,6,9-11H2,1-2H3,(H,18,19). The molecule has 0 radical (unpaired) electrons. The fourth-order valence-electron chi connectivity index (χ4n) is 2.62.